The SMILES string of the molecule is CC/C=C\C/C=C\C/C=C\C/C=C\C/C=C\C/C=C\CCCCC(=O)OC(/C=C/CCCCCCCCCCCC)C(COP(=O)([O-])OCC[N+](C)(C)C)NC(=O)CCCCCCCCC/C=C\C/C=C\C/C=C\C/C=C\C/C=C\CC. The number of allylic oxidation sites excluding steroid dienone is 23. The van der Waals surface area contributed by atoms with Gasteiger partial charge in [0.2, 0.25) is 5.91 Å². The molecule has 0 aliphatic carbocycles. The molecule has 0 saturated heterocycles. The zero-order valence-corrected chi connectivity index (χ0v) is 54.0. The normalized spacial score (nSPS) is 14.6. The van der Waals surface area contributed by atoms with Crippen LogP contribution in [0.25, 0.3) is 0 Å². The standard InChI is InChI=1S/C72H121N2O7P/c1-7-10-13-16-19-22-25-28-30-32-34-36-37-39-40-42-44-46-49-52-55-58-61-64-71(75)73-69(68-80-82(77,78)79-67-66-74(4,5)6)70(63-60-57-54-51-48-27-24-21-18-15-12-9-3)81-72(76)65-62-59-56-53-50-47-45-43-41-38-35-33-31-29-26-23-20-17-14-11-8-2/h10-11,13-14,19-20,22-23,28-31,34-36,38-40,43,45,50,53,60,63,69-70H,7-9,12,15-18,21,24-27,32-33,37,41-42,44,46-49,51-52,54-59,61-62,64-68H2,1-6H3,(H-,73,75,77,78)/b13-10-,14-11-,22-19-,23-20-,30-28-,31-29-,36-34-,38-35-,40-39-,45-43-,53-50-,63-60+. The van der Waals surface area contributed by atoms with Crippen LogP contribution in [-0.4, -0.2) is 69.4 Å². The summed E-state index contributed by atoms with van der Waals surface area (Å²) in [6.45, 7) is 6.56. The van der Waals surface area contributed by atoms with E-state index in [9.17, 15) is 19.0 Å². The number of phosphoric acid groups is 1. The van der Waals surface area contributed by atoms with Crippen LogP contribution in [0.1, 0.15) is 245 Å². The maximum atomic E-state index is 13.6. The summed E-state index contributed by atoms with van der Waals surface area (Å²) in [5, 5.41) is 3.01. The quantitative estimate of drug-likeness (QED) is 0.0212. The lowest BCUT2D eigenvalue weighted by Gasteiger charge is -2.30. The first-order valence-electron chi connectivity index (χ1n) is 32.6. The lowest BCUT2D eigenvalue weighted by Crippen LogP contribution is -2.47. The Labute approximate surface area is 504 Å². The predicted octanol–water partition coefficient (Wildman–Crippen LogP) is 20.0. The molecule has 0 aliphatic heterocycles. The van der Waals surface area contributed by atoms with E-state index < -0.39 is 32.5 Å². The fourth-order valence-corrected chi connectivity index (χ4v) is 9.27. The van der Waals surface area contributed by atoms with Gasteiger partial charge in [0.25, 0.3) is 7.82 Å². The number of esters is 1. The second kappa shape index (κ2) is 60.0. The van der Waals surface area contributed by atoms with Gasteiger partial charge in [-0.2, -0.15) is 0 Å². The Balaban J connectivity index is 5.31. The Morgan fingerprint density at radius 3 is 1.18 bits per heavy atom. The number of amides is 1. The minimum absolute atomic E-state index is 0.0403. The molecule has 0 rings (SSSR count). The van der Waals surface area contributed by atoms with Crippen LogP contribution in [0.3, 0.4) is 0 Å². The van der Waals surface area contributed by atoms with Crippen molar-refractivity contribution in [3.63, 3.8) is 0 Å². The highest BCUT2D eigenvalue weighted by Gasteiger charge is 2.27. The average molecular weight is 1160 g/mol. The number of quaternary nitrogens is 1. The summed E-state index contributed by atoms with van der Waals surface area (Å²) in [4.78, 5) is 40.1. The van der Waals surface area contributed by atoms with Gasteiger partial charge in [0.1, 0.15) is 19.3 Å². The van der Waals surface area contributed by atoms with Crippen molar-refractivity contribution in [1.82, 2.24) is 5.32 Å². The molecule has 0 fully saturated rings. The maximum absolute atomic E-state index is 13.6. The summed E-state index contributed by atoms with van der Waals surface area (Å²) < 4.78 is 30.3. The van der Waals surface area contributed by atoms with Crippen LogP contribution in [0.5, 0.6) is 0 Å². The molecule has 466 valence electrons. The average Bonchev–Trinajstić information content (AvgIpc) is 3.44. The van der Waals surface area contributed by atoms with E-state index >= 15 is 0 Å². The molecule has 1 amide bonds. The molecule has 0 saturated carbocycles. The first kappa shape index (κ1) is 77.9. The van der Waals surface area contributed by atoms with Crippen molar-refractivity contribution < 1.29 is 37.3 Å². The smallest absolute Gasteiger partial charge is 0.306 e. The van der Waals surface area contributed by atoms with Crippen molar-refractivity contribution in [2.24, 2.45) is 0 Å². The van der Waals surface area contributed by atoms with Crippen molar-refractivity contribution in [1.29, 1.82) is 0 Å². The second-order valence-corrected chi connectivity index (χ2v) is 23.9. The summed E-state index contributed by atoms with van der Waals surface area (Å²) in [6.07, 6.45) is 86.7. The molecule has 0 aliphatic rings. The Bertz CT molecular complexity index is 1910. The summed E-state index contributed by atoms with van der Waals surface area (Å²) >= 11 is 0. The molecule has 0 bridgehead atoms. The van der Waals surface area contributed by atoms with E-state index in [-0.39, 0.29) is 25.4 Å². The van der Waals surface area contributed by atoms with Crippen LogP contribution in [0.2, 0.25) is 0 Å². The molecule has 3 unspecified atom stereocenters. The summed E-state index contributed by atoms with van der Waals surface area (Å²) in [7, 11) is 1.13. The number of unbranched alkanes of at least 4 members (excludes halogenated alkanes) is 19. The minimum Gasteiger partial charge on any atom is -0.756 e. The van der Waals surface area contributed by atoms with E-state index in [0.29, 0.717) is 23.9 Å². The third-order valence-corrected chi connectivity index (χ3v) is 14.5. The predicted molar refractivity (Wildman–Crippen MR) is 353 cm³/mol. The molecule has 0 heterocycles. The molecule has 1 N–H and O–H groups in total. The molecule has 3 atom stereocenters. The van der Waals surface area contributed by atoms with E-state index in [1.807, 2.05) is 33.3 Å². The number of rotatable bonds is 57. The largest absolute Gasteiger partial charge is 0.756 e. The van der Waals surface area contributed by atoms with Gasteiger partial charge >= 0.3 is 5.97 Å². The van der Waals surface area contributed by atoms with Crippen molar-refractivity contribution >= 4 is 19.7 Å². The second-order valence-electron chi connectivity index (χ2n) is 22.5. The molecule has 9 nitrogen and oxygen atoms in total. The minimum atomic E-state index is -4.73. The highest BCUT2D eigenvalue weighted by molar-refractivity contribution is 7.45. The van der Waals surface area contributed by atoms with Gasteiger partial charge in [-0.15, -0.1) is 0 Å². The van der Waals surface area contributed by atoms with Gasteiger partial charge in [0.05, 0.1) is 33.8 Å². The van der Waals surface area contributed by atoms with Crippen molar-refractivity contribution in [3.8, 4) is 0 Å². The number of hydrogen-bond acceptors (Lipinski definition) is 7. The molecule has 0 aromatic rings. The first-order chi connectivity index (χ1) is 39.9. The van der Waals surface area contributed by atoms with E-state index in [1.165, 1.54) is 70.6 Å². The third kappa shape index (κ3) is 60.5. The Morgan fingerprint density at radius 1 is 0.439 bits per heavy atom. The van der Waals surface area contributed by atoms with Crippen LogP contribution < -0.4 is 10.2 Å². The van der Waals surface area contributed by atoms with Crippen LogP contribution in [0, 0.1) is 0 Å². The Hall–Kier alpha value is -4.11. The summed E-state index contributed by atoms with van der Waals surface area (Å²) in [5.74, 6) is -0.615. The monoisotopic (exact) mass is 1160 g/mol. The molecular weight excluding hydrogens is 1040 g/mol. The van der Waals surface area contributed by atoms with Crippen LogP contribution in [0.15, 0.2) is 146 Å². The first-order valence-corrected chi connectivity index (χ1v) is 34.1. The summed E-state index contributed by atoms with van der Waals surface area (Å²) in [5.41, 5.74) is 0. The molecular formula is C72H121N2O7P. The van der Waals surface area contributed by atoms with Crippen molar-refractivity contribution in [3.05, 3.63) is 146 Å². The molecule has 0 spiro atoms. The lowest BCUT2D eigenvalue weighted by molar-refractivity contribution is -0.870. The third-order valence-electron chi connectivity index (χ3n) is 13.5. The number of ether oxygens (including phenoxy) is 1. The Kier molecular flexibility index (Phi) is 57.0. The van der Waals surface area contributed by atoms with E-state index in [2.05, 4.69) is 160 Å². The fraction of sp³-hybridized carbons (Fsp3) is 0.639. The number of hydrogen-bond donors (Lipinski definition) is 1. The number of carbonyl (C=O) groups excluding carboxylic acids is 2. The lowest BCUT2D eigenvalue weighted by atomic mass is 10.0. The number of nitrogens with zero attached hydrogens (tertiary/aromatic N) is 1. The van der Waals surface area contributed by atoms with Gasteiger partial charge in [0, 0.05) is 12.8 Å². The van der Waals surface area contributed by atoms with Crippen LogP contribution >= 0.6 is 7.82 Å². The van der Waals surface area contributed by atoms with Crippen molar-refractivity contribution in [2.45, 2.75) is 258 Å². The highest BCUT2D eigenvalue weighted by atomic mass is 31.2. The van der Waals surface area contributed by atoms with Gasteiger partial charge < -0.3 is 28.5 Å². The number of carbonyl (C=O) groups is 2. The fourth-order valence-electron chi connectivity index (χ4n) is 8.55. The van der Waals surface area contributed by atoms with Gasteiger partial charge in [-0.25, -0.2) is 0 Å². The number of nitrogens with one attached hydrogen (secondary N) is 1. The molecule has 0 aromatic carbocycles. The van der Waals surface area contributed by atoms with E-state index in [1.54, 1.807) is 0 Å². The van der Waals surface area contributed by atoms with E-state index in [0.717, 1.165) is 128 Å². The summed E-state index contributed by atoms with van der Waals surface area (Å²) in [6, 6.07) is -0.925. The molecule has 10 heteroatoms. The van der Waals surface area contributed by atoms with Gasteiger partial charge in [-0.05, 0) is 128 Å². The zero-order valence-electron chi connectivity index (χ0n) is 53.1. The number of phosphoric ester groups is 1. The van der Waals surface area contributed by atoms with Gasteiger partial charge in [-0.3, -0.25) is 14.2 Å². The van der Waals surface area contributed by atoms with E-state index in [4.69, 9.17) is 13.8 Å². The zero-order chi connectivity index (χ0) is 60.0. The molecule has 0 aromatic heterocycles. The highest BCUT2D eigenvalue weighted by Crippen LogP contribution is 2.38. The molecule has 82 heavy (non-hydrogen) atoms. The number of likely N-dealkylation sites (N-methyl/N-ethyl adjacent to an activating group) is 1. The molecule has 0 radical (unpaired) electrons. The van der Waals surface area contributed by atoms with Crippen LogP contribution in [0.4, 0.5) is 0 Å². The topological polar surface area (TPSA) is 114 Å². The Morgan fingerprint density at radius 2 is 0.780 bits per heavy atom. The van der Waals surface area contributed by atoms with Gasteiger partial charge in [0.15, 0.2) is 0 Å². The van der Waals surface area contributed by atoms with Crippen molar-refractivity contribution in [2.75, 3.05) is 40.9 Å². The maximum Gasteiger partial charge on any atom is 0.306 e. The van der Waals surface area contributed by atoms with Crippen LogP contribution in [-0.2, 0) is 27.9 Å². The van der Waals surface area contributed by atoms with Gasteiger partial charge in [-0.1, -0.05) is 250 Å².